The molecule has 3 N–H and O–H groups in total. The van der Waals surface area contributed by atoms with Gasteiger partial charge in [-0.25, -0.2) is 0 Å². The molecule has 4 aromatic rings. The Balaban J connectivity index is 1.29. The highest BCUT2D eigenvalue weighted by Gasteiger charge is 2.29. The van der Waals surface area contributed by atoms with E-state index in [-0.39, 0.29) is 35.2 Å². The average molecular weight is 541 g/mol. The number of Topliss-reactive ketones (excluding diaryl/α,β-unsaturated/α-hetero) is 1. The van der Waals surface area contributed by atoms with E-state index in [1.807, 2.05) is 42.5 Å². The summed E-state index contributed by atoms with van der Waals surface area (Å²) in [7, 11) is 1.52. The number of fused-ring (bicyclic) bond motifs is 1. The zero-order valence-electron chi connectivity index (χ0n) is 23.0. The molecule has 0 saturated carbocycles. The number of hydrogen-bond acceptors (Lipinski definition) is 6. The Hall–Kier alpha value is -4.03. The smallest absolute Gasteiger partial charge is 0.168 e. The molecule has 1 aliphatic rings. The largest absolute Gasteiger partial charge is 0.508 e. The number of ether oxygens (including phenoxy) is 2. The Morgan fingerprint density at radius 3 is 2.38 bits per heavy atom. The number of hydrogen-bond donors (Lipinski definition) is 3. The van der Waals surface area contributed by atoms with Gasteiger partial charge in [-0.3, -0.25) is 4.79 Å². The number of aromatic hydroxyl groups is 3. The van der Waals surface area contributed by atoms with Gasteiger partial charge in [0, 0.05) is 18.4 Å². The highest BCUT2D eigenvalue weighted by Crippen LogP contribution is 2.42. The summed E-state index contributed by atoms with van der Waals surface area (Å²) >= 11 is 0. The van der Waals surface area contributed by atoms with E-state index >= 15 is 0 Å². The molecule has 1 aliphatic heterocycles. The molecular weight excluding hydrogens is 504 g/mol. The molecule has 0 unspecified atom stereocenters. The predicted molar refractivity (Wildman–Crippen MR) is 156 cm³/mol. The van der Waals surface area contributed by atoms with Crippen LogP contribution in [0.5, 0.6) is 23.0 Å². The molecule has 40 heavy (non-hydrogen) atoms. The van der Waals surface area contributed by atoms with E-state index in [1.165, 1.54) is 7.11 Å². The number of rotatable bonds is 9. The number of carbonyl (C=O) groups excluding carboxylic acids is 1. The molecule has 4 aromatic carbocycles. The summed E-state index contributed by atoms with van der Waals surface area (Å²) in [6.07, 6.45) is 3.73. The fraction of sp³-hybridized carbons (Fsp3) is 0.324. The third kappa shape index (κ3) is 6.40. The second-order valence-corrected chi connectivity index (χ2v) is 11.0. The molecule has 6 heteroatoms. The summed E-state index contributed by atoms with van der Waals surface area (Å²) in [4.78, 5) is 13.2. The van der Waals surface area contributed by atoms with Crippen molar-refractivity contribution in [1.82, 2.24) is 0 Å². The van der Waals surface area contributed by atoms with Gasteiger partial charge in [0.05, 0.1) is 19.3 Å². The molecule has 1 saturated heterocycles. The molecule has 0 bridgehead atoms. The summed E-state index contributed by atoms with van der Waals surface area (Å²) in [6.45, 7) is 2.21. The monoisotopic (exact) mass is 540 g/mol. The topological polar surface area (TPSA) is 96.2 Å². The van der Waals surface area contributed by atoms with Crippen LogP contribution in [0.3, 0.4) is 0 Å². The number of phenolic OH excluding ortho intramolecular Hbond substituents is 3. The number of benzene rings is 4. The molecule has 0 amide bonds. The second-order valence-electron chi connectivity index (χ2n) is 11.0. The first-order chi connectivity index (χ1) is 19.3. The van der Waals surface area contributed by atoms with Crippen molar-refractivity contribution >= 4 is 16.6 Å². The zero-order valence-corrected chi connectivity index (χ0v) is 23.0. The first-order valence-corrected chi connectivity index (χ1v) is 13.9. The van der Waals surface area contributed by atoms with Crippen LogP contribution in [0.4, 0.5) is 0 Å². The van der Waals surface area contributed by atoms with Crippen molar-refractivity contribution in [3.8, 4) is 34.1 Å². The molecule has 3 atom stereocenters. The average Bonchev–Trinajstić information content (AvgIpc) is 2.92. The lowest BCUT2D eigenvalue weighted by atomic mass is 9.88. The standard InChI is InChI=1S/C34H36O6/c1-21-15-30(17-22-3-10-27(35)11-4-22)40-31(16-21)20-29(37)13-8-24-9-14-32(38)34(39-2)33(24)25-6-5-23-7-12-28(36)19-26(23)18-25/h3-7,9-12,14,18-19,21,30-31,35-36,38H,8,13,15-17,20H2,1-2H3/t21-,30+,31-/m1/s1. The number of carbonyl (C=O) groups is 1. The first-order valence-electron chi connectivity index (χ1n) is 13.9. The minimum atomic E-state index is -0.111. The Morgan fingerprint density at radius 2 is 1.60 bits per heavy atom. The van der Waals surface area contributed by atoms with E-state index in [2.05, 4.69) is 6.92 Å². The lowest BCUT2D eigenvalue weighted by Crippen LogP contribution is -2.34. The maximum atomic E-state index is 13.2. The Morgan fingerprint density at radius 1 is 0.875 bits per heavy atom. The van der Waals surface area contributed by atoms with Crippen molar-refractivity contribution in [3.05, 3.63) is 83.9 Å². The highest BCUT2D eigenvalue weighted by molar-refractivity contribution is 5.90. The van der Waals surface area contributed by atoms with Crippen molar-refractivity contribution in [2.75, 3.05) is 7.11 Å². The summed E-state index contributed by atoms with van der Waals surface area (Å²) in [5.74, 6) is 1.44. The molecule has 208 valence electrons. The van der Waals surface area contributed by atoms with E-state index in [9.17, 15) is 20.1 Å². The molecule has 6 nitrogen and oxygen atoms in total. The zero-order chi connectivity index (χ0) is 28.2. The van der Waals surface area contributed by atoms with Gasteiger partial charge in [-0.15, -0.1) is 0 Å². The van der Waals surface area contributed by atoms with Crippen LogP contribution in [0, 0.1) is 5.92 Å². The summed E-state index contributed by atoms with van der Waals surface area (Å²) in [6, 6.07) is 21.8. The summed E-state index contributed by atoms with van der Waals surface area (Å²) < 4.78 is 11.9. The fourth-order valence-electron chi connectivity index (χ4n) is 5.90. The lowest BCUT2D eigenvalue weighted by Gasteiger charge is -2.34. The van der Waals surface area contributed by atoms with Crippen LogP contribution in [0.1, 0.15) is 43.7 Å². The normalized spacial score (nSPS) is 19.0. The molecule has 0 aliphatic carbocycles. The van der Waals surface area contributed by atoms with Crippen LogP contribution < -0.4 is 4.74 Å². The van der Waals surface area contributed by atoms with Crippen LogP contribution in [0.15, 0.2) is 72.8 Å². The van der Waals surface area contributed by atoms with Crippen molar-refractivity contribution in [2.45, 2.75) is 57.7 Å². The maximum absolute atomic E-state index is 13.2. The van der Waals surface area contributed by atoms with Crippen LogP contribution in [-0.4, -0.2) is 40.4 Å². The van der Waals surface area contributed by atoms with Gasteiger partial charge in [0.2, 0.25) is 0 Å². The van der Waals surface area contributed by atoms with Crippen LogP contribution in [0.25, 0.3) is 21.9 Å². The van der Waals surface area contributed by atoms with Gasteiger partial charge < -0.3 is 24.8 Å². The Bertz CT molecular complexity index is 1490. The number of ketones is 1. The quantitative estimate of drug-likeness (QED) is 0.213. The minimum Gasteiger partial charge on any atom is -0.508 e. The maximum Gasteiger partial charge on any atom is 0.168 e. The minimum absolute atomic E-state index is 0.0350. The highest BCUT2D eigenvalue weighted by atomic mass is 16.5. The van der Waals surface area contributed by atoms with Crippen molar-refractivity contribution in [3.63, 3.8) is 0 Å². The second kappa shape index (κ2) is 12.0. The van der Waals surface area contributed by atoms with Gasteiger partial charge in [-0.2, -0.15) is 0 Å². The van der Waals surface area contributed by atoms with Gasteiger partial charge in [0.15, 0.2) is 11.5 Å². The van der Waals surface area contributed by atoms with Crippen molar-refractivity contribution in [1.29, 1.82) is 0 Å². The Kier molecular flexibility index (Phi) is 8.27. The van der Waals surface area contributed by atoms with Crippen molar-refractivity contribution < 1.29 is 29.6 Å². The molecule has 0 aromatic heterocycles. The Labute approximate surface area is 234 Å². The number of aryl methyl sites for hydroxylation is 1. The van der Waals surface area contributed by atoms with E-state index in [0.29, 0.717) is 30.9 Å². The molecule has 1 heterocycles. The number of phenols is 3. The summed E-state index contributed by atoms with van der Waals surface area (Å²) in [5.41, 5.74) is 3.61. The van der Waals surface area contributed by atoms with Gasteiger partial charge in [0.1, 0.15) is 17.3 Å². The number of methoxy groups -OCH3 is 1. The fourth-order valence-corrected chi connectivity index (χ4v) is 5.90. The molecule has 1 fully saturated rings. The molecule has 0 spiro atoms. The summed E-state index contributed by atoms with van der Waals surface area (Å²) in [5, 5.41) is 31.9. The van der Waals surface area contributed by atoms with Gasteiger partial charge in [-0.1, -0.05) is 43.3 Å². The lowest BCUT2D eigenvalue weighted by molar-refractivity contribution is -0.126. The van der Waals surface area contributed by atoms with Crippen molar-refractivity contribution in [2.24, 2.45) is 5.92 Å². The van der Waals surface area contributed by atoms with E-state index in [0.717, 1.165) is 52.3 Å². The SMILES string of the molecule is COc1c(O)ccc(CCC(=O)C[C@H]2C[C@H](C)C[C@@H](Cc3ccc(O)cc3)O2)c1-c1ccc2ccc(O)cc2c1. The van der Waals surface area contributed by atoms with Gasteiger partial charge in [-0.05, 0) is 95.5 Å². The van der Waals surface area contributed by atoms with E-state index < -0.39 is 0 Å². The predicted octanol–water partition coefficient (Wildman–Crippen LogP) is 6.95. The first kappa shape index (κ1) is 27.5. The third-order valence-electron chi connectivity index (χ3n) is 7.78. The molecule has 5 rings (SSSR count). The molecule has 0 radical (unpaired) electrons. The van der Waals surface area contributed by atoms with Crippen LogP contribution in [-0.2, 0) is 22.4 Å². The van der Waals surface area contributed by atoms with E-state index in [4.69, 9.17) is 9.47 Å². The van der Waals surface area contributed by atoms with E-state index in [1.54, 1.807) is 30.3 Å². The van der Waals surface area contributed by atoms with Crippen LogP contribution in [0.2, 0.25) is 0 Å². The van der Waals surface area contributed by atoms with Crippen LogP contribution >= 0.6 is 0 Å². The van der Waals surface area contributed by atoms with Gasteiger partial charge in [0.25, 0.3) is 0 Å². The third-order valence-corrected chi connectivity index (χ3v) is 7.78. The van der Waals surface area contributed by atoms with Gasteiger partial charge >= 0.3 is 0 Å². The molecular formula is C34H36O6.